The van der Waals surface area contributed by atoms with Gasteiger partial charge in [-0.3, -0.25) is 4.68 Å². The highest BCUT2D eigenvalue weighted by molar-refractivity contribution is 6.30. The van der Waals surface area contributed by atoms with Crippen LogP contribution in [0.1, 0.15) is 0 Å². The summed E-state index contributed by atoms with van der Waals surface area (Å²) in [6.45, 7) is 4.09. The number of hydrogen-bond acceptors (Lipinski definition) is 3. The van der Waals surface area contributed by atoms with E-state index >= 15 is 0 Å². The second kappa shape index (κ2) is 5.23. The minimum atomic E-state index is 0.759. The molecule has 0 saturated carbocycles. The SMILES string of the molecule is Cn1ncc(N2CCNCC2)c1-c1ccc(Cl)cc1. The van der Waals surface area contributed by atoms with Crippen LogP contribution in [-0.4, -0.2) is 36.0 Å². The van der Waals surface area contributed by atoms with Crippen molar-refractivity contribution in [3.63, 3.8) is 0 Å². The van der Waals surface area contributed by atoms with E-state index in [1.54, 1.807) is 0 Å². The number of halogens is 1. The zero-order valence-corrected chi connectivity index (χ0v) is 11.7. The van der Waals surface area contributed by atoms with Gasteiger partial charge in [-0.2, -0.15) is 5.10 Å². The Balaban J connectivity index is 2.00. The van der Waals surface area contributed by atoms with Crippen LogP contribution in [0.25, 0.3) is 11.3 Å². The van der Waals surface area contributed by atoms with Crippen molar-refractivity contribution in [2.24, 2.45) is 7.05 Å². The zero-order valence-electron chi connectivity index (χ0n) is 10.9. The van der Waals surface area contributed by atoms with Crippen LogP contribution in [0.4, 0.5) is 5.69 Å². The molecule has 0 atom stereocenters. The summed E-state index contributed by atoms with van der Waals surface area (Å²) in [5.74, 6) is 0. The molecule has 1 aromatic heterocycles. The third kappa shape index (κ3) is 2.46. The molecule has 1 aromatic carbocycles. The maximum Gasteiger partial charge on any atom is 0.0912 e. The Morgan fingerprint density at radius 3 is 2.53 bits per heavy atom. The predicted molar refractivity (Wildman–Crippen MR) is 78.7 cm³/mol. The molecule has 1 aliphatic heterocycles. The third-order valence-corrected chi connectivity index (χ3v) is 3.75. The lowest BCUT2D eigenvalue weighted by Gasteiger charge is -2.29. The number of nitrogens with zero attached hydrogens (tertiary/aromatic N) is 3. The quantitative estimate of drug-likeness (QED) is 0.912. The van der Waals surface area contributed by atoms with Gasteiger partial charge in [0, 0.05) is 43.8 Å². The molecule has 1 N–H and O–H groups in total. The first-order valence-corrected chi connectivity index (χ1v) is 6.87. The number of rotatable bonds is 2. The Bertz CT molecular complexity index is 555. The molecule has 1 aliphatic rings. The van der Waals surface area contributed by atoms with E-state index in [0.29, 0.717) is 0 Å². The number of hydrogen-bond donors (Lipinski definition) is 1. The molecule has 0 radical (unpaired) electrons. The minimum absolute atomic E-state index is 0.759. The lowest BCUT2D eigenvalue weighted by Crippen LogP contribution is -2.43. The van der Waals surface area contributed by atoms with Crippen molar-refractivity contribution in [3.05, 3.63) is 35.5 Å². The van der Waals surface area contributed by atoms with Gasteiger partial charge in [-0.05, 0) is 12.1 Å². The summed E-state index contributed by atoms with van der Waals surface area (Å²) >= 11 is 5.96. The van der Waals surface area contributed by atoms with Crippen molar-refractivity contribution in [2.75, 3.05) is 31.1 Å². The molecule has 2 heterocycles. The van der Waals surface area contributed by atoms with Gasteiger partial charge in [0.2, 0.25) is 0 Å². The van der Waals surface area contributed by atoms with Gasteiger partial charge in [-0.15, -0.1) is 0 Å². The minimum Gasteiger partial charge on any atom is -0.366 e. The molecule has 0 amide bonds. The van der Waals surface area contributed by atoms with Gasteiger partial charge in [0.25, 0.3) is 0 Å². The van der Waals surface area contributed by atoms with E-state index in [2.05, 4.69) is 15.3 Å². The number of aryl methyl sites for hydroxylation is 1. The van der Waals surface area contributed by atoms with Crippen LogP contribution in [0.15, 0.2) is 30.5 Å². The second-order valence-corrected chi connectivity index (χ2v) is 5.18. The summed E-state index contributed by atoms with van der Waals surface area (Å²) < 4.78 is 1.93. The number of anilines is 1. The molecular formula is C14H17ClN4. The average molecular weight is 277 g/mol. The Morgan fingerprint density at radius 1 is 1.16 bits per heavy atom. The summed E-state index contributed by atoms with van der Waals surface area (Å²) in [4.78, 5) is 2.38. The van der Waals surface area contributed by atoms with E-state index in [4.69, 9.17) is 11.6 Å². The highest BCUT2D eigenvalue weighted by Crippen LogP contribution is 2.31. The zero-order chi connectivity index (χ0) is 13.2. The van der Waals surface area contributed by atoms with Gasteiger partial charge < -0.3 is 10.2 Å². The Kier molecular flexibility index (Phi) is 3.44. The van der Waals surface area contributed by atoms with Crippen LogP contribution < -0.4 is 10.2 Å². The average Bonchev–Trinajstić information content (AvgIpc) is 2.83. The molecule has 3 rings (SSSR count). The van der Waals surface area contributed by atoms with Crippen molar-refractivity contribution in [1.82, 2.24) is 15.1 Å². The molecule has 0 spiro atoms. The predicted octanol–water partition coefficient (Wildman–Crippen LogP) is 2.15. The lowest BCUT2D eigenvalue weighted by molar-refractivity contribution is 0.589. The van der Waals surface area contributed by atoms with Crippen LogP contribution in [0.3, 0.4) is 0 Å². The van der Waals surface area contributed by atoms with Crippen LogP contribution >= 0.6 is 11.6 Å². The summed E-state index contributed by atoms with van der Waals surface area (Å²) in [6.07, 6.45) is 1.95. The maximum atomic E-state index is 5.96. The van der Waals surface area contributed by atoms with Crippen molar-refractivity contribution < 1.29 is 0 Å². The molecule has 1 fully saturated rings. The highest BCUT2D eigenvalue weighted by atomic mass is 35.5. The Morgan fingerprint density at radius 2 is 1.84 bits per heavy atom. The summed E-state index contributed by atoms with van der Waals surface area (Å²) in [7, 11) is 1.98. The van der Waals surface area contributed by atoms with E-state index < -0.39 is 0 Å². The molecule has 4 nitrogen and oxygen atoms in total. The van der Waals surface area contributed by atoms with E-state index in [1.807, 2.05) is 42.2 Å². The van der Waals surface area contributed by atoms with Crippen LogP contribution in [0.2, 0.25) is 5.02 Å². The fourth-order valence-corrected chi connectivity index (χ4v) is 2.63. The second-order valence-electron chi connectivity index (χ2n) is 4.75. The van der Waals surface area contributed by atoms with Crippen molar-refractivity contribution in [1.29, 1.82) is 0 Å². The third-order valence-electron chi connectivity index (χ3n) is 3.49. The molecule has 0 unspecified atom stereocenters. The van der Waals surface area contributed by atoms with E-state index in [9.17, 15) is 0 Å². The normalized spacial score (nSPS) is 15.8. The van der Waals surface area contributed by atoms with Gasteiger partial charge in [-0.25, -0.2) is 0 Å². The van der Waals surface area contributed by atoms with Crippen molar-refractivity contribution >= 4 is 17.3 Å². The van der Waals surface area contributed by atoms with Crippen LogP contribution in [0.5, 0.6) is 0 Å². The van der Waals surface area contributed by atoms with Gasteiger partial charge in [-0.1, -0.05) is 23.7 Å². The van der Waals surface area contributed by atoms with Gasteiger partial charge >= 0.3 is 0 Å². The van der Waals surface area contributed by atoms with Crippen molar-refractivity contribution in [2.45, 2.75) is 0 Å². The summed E-state index contributed by atoms with van der Waals surface area (Å²) in [6, 6.07) is 7.94. The molecule has 2 aromatic rings. The first-order valence-electron chi connectivity index (χ1n) is 6.49. The Hall–Kier alpha value is -1.52. The van der Waals surface area contributed by atoms with E-state index in [1.165, 1.54) is 5.69 Å². The van der Waals surface area contributed by atoms with Gasteiger partial charge in [0.15, 0.2) is 0 Å². The molecule has 100 valence electrons. The largest absolute Gasteiger partial charge is 0.366 e. The van der Waals surface area contributed by atoms with Gasteiger partial charge in [0.1, 0.15) is 0 Å². The van der Waals surface area contributed by atoms with Gasteiger partial charge in [0.05, 0.1) is 17.6 Å². The molecule has 1 saturated heterocycles. The molecule has 5 heteroatoms. The standard InChI is InChI=1S/C14H17ClN4/c1-18-14(11-2-4-12(15)5-3-11)13(10-17-18)19-8-6-16-7-9-19/h2-5,10,16H,6-9H2,1H3. The van der Waals surface area contributed by atoms with Crippen LogP contribution in [-0.2, 0) is 7.05 Å². The highest BCUT2D eigenvalue weighted by Gasteiger charge is 2.18. The molecule has 19 heavy (non-hydrogen) atoms. The summed E-state index contributed by atoms with van der Waals surface area (Å²) in [5.41, 5.74) is 3.50. The van der Waals surface area contributed by atoms with E-state index in [-0.39, 0.29) is 0 Å². The number of piperazine rings is 1. The van der Waals surface area contributed by atoms with Crippen LogP contribution in [0, 0.1) is 0 Å². The smallest absolute Gasteiger partial charge is 0.0912 e. The summed E-state index contributed by atoms with van der Waals surface area (Å²) in [5, 5.41) is 8.54. The first-order chi connectivity index (χ1) is 9.25. The number of benzene rings is 1. The molecule has 0 aliphatic carbocycles. The number of aromatic nitrogens is 2. The monoisotopic (exact) mass is 276 g/mol. The topological polar surface area (TPSA) is 33.1 Å². The fraction of sp³-hybridized carbons (Fsp3) is 0.357. The van der Waals surface area contributed by atoms with E-state index in [0.717, 1.165) is 42.5 Å². The Labute approximate surface area is 118 Å². The lowest BCUT2D eigenvalue weighted by atomic mass is 10.1. The fourth-order valence-electron chi connectivity index (χ4n) is 2.51. The molecular weight excluding hydrogens is 260 g/mol. The number of nitrogens with one attached hydrogen (secondary N) is 1. The molecule has 0 bridgehead atoms. The maximum absolute atomic E-state index is 5.96. The first kappa shape index (κ1) is 12.5. The van der Waals surface area contributed by atoms with Crippen molar-refractivity contribution in [3.8, 4) is 11.3 Å².